The molecule has 0 saturated heterocycles. The first kappa shape index (κ1) is 65.6. The molecule has 0 radical (unpaired) electrons. The van der Waals surface area contributed by atoms with E-state index in [1.807, 2.05) is 6.08 Å². The standard InChI is InChI=1S/C63H121NO3/c1-3-5-7-9-11-13-15-17-19-21-23-25-27-28-29-30-31-32-33-34-35-36-37-39-41-43-45-47-49-51-53-55-57-59-63(67)64-61(60-65)62(66)58-56-54-52-50-48-46-44-42-40-38-26-24-22-20-18-16-14-12-10-8-6-4-2/h15,17,21,23,56,58,61-62,65-66H,3-14,16,18-20,22,24-55,57,59-60H2,1-2H3,(H,64,67)/b17-15-,23-21-,58-56+. The van der Waals surface area contributed by atoms with Gasteiger partial charge in [0.1, 0.15) is 0 Å². The number of aliphatic hydroxyl groups excluding tert-OH is 2. The van der Waals surface area contributed by atoms with Crippen molar-refractivity contribution in [2.45, 2.75) is 353 Å². The molecule has 0 heterocycles. The van der Waals surface area contributed by atoms with Crippen molar-refractivity contribution in [1.82, 2.24) is 5.32 Å². The van der Waals surface area contributed by atoms with Crippen molar-refractivity contribution in [3.05, 3.63) is 36.5 Å². The molecule has 0 aromatic carbocycles. The summed E-state index contributed by atoms with van der Waals surface area (Å²) in [5.41, 5.74) is 0. The van der Waals surface area contributed by atoms with Crippen molar-refractivity contribution in [3.63, 3.8) is 0 Å². The third-order valence-electron chi connectivity index (χ3n) is 14.4. The third kappa shape index (κ3) is 55.4. The fraction of sp³-hybridized carbons (Fsp3) is 0.889. The van der Waals surface area contributed by atoms with Gasteiger partial charge in [0.15, 0.2) is 0 Å². The first-order chi connectivity index (χ1) is 33.2. The number of carbonyl (C=O) groups is 1. The summed E-state index contributed by atoms with van der Waals surface area (Å²) < 4.78 is 0. The number of amides is 1. The van der Waals surface area contributed by atoms with Crippen molar-refractivity contribution in [2.24, 2.45) is 0 Å². The number of carbonyl (C=O) groups excluding carboxylic acids is 1. The molecule has 2 atom stereocenters. The number of unbranched alkanes of at least 4 members (excludes halogenated alkanes) is 46. The van der Waals surface area contributed by atoms with Crippen LogP contribution in [0.15, 0.2) is 36.5 Å². The minimum absolute atomic E-state index is 0.0571. The summed E-state index contributed by atoms with van der Waals surface area (Å²) in [6.45, 7) is 4.34. The molecule has 4 nitrogen and oxygen atoms in total. The maximum Gasteiger partial charge on any atom is 0.220 e. The summed E-state index contributed by atoms with van der Waals surface area (Å²) in [7, 11) is 0. The van der Waals surface area contributed by atoms with Gasteiger partial charge in [-0.1, -0.05) is 320 Å². The van der Waals surface area contributed by atoms with Gasteiger partial charge in [-0.2, -0.15) is 0 Å². The van der Waals surface area contributed by atoms with E-state index in [1.165, 1.54) is 289 Å². The molecule has 396 valence electrons. The number of allylic oxidation sites excluding steroid dienone is 5. The predicted octanol–water partition coefficient (Wildman–Crippen LogP) is 20.4. The summed E-state index contributed by atoms with van der Waals surface area (Å²) in [6.07, 6.45) is 80.5. The average Bonchev–Trinajstić information content (AvgIpc) is 3.33. The molecule has 0 aromatic heterocycles. The van der Waals surface area contributed by atoms with Crippen LogP contribution in [0.5, 0.6) is 0 Å². The first-order valence-electron chi connectivity index (χ1n) is 30.7. The Bertz CT molecular complexity index is 1020. The maximum atomic E-state index is 12.5. The molecule has 0 saturated carbocycles. The van der Waals surface area contributed by atoms with Crippen LogP contribution < -0.4 is 5.32 Å². The van der Waals surface area contributed by atoms with Crippen molar-refractivity contribution in [1.29, 1.82) is 0 Å². The van der Waals surface area contributed by atoms with Crippen molar-refractivity contribution < 1.29 is 15.0 Å². The monoisotopic (exact) mass is 940 g/mol. The van der Waals surface area contributed by atoms with Gasteiger partial charge in [-0.15, -0.1) is 0 Å². The molecule has 1 amide bonds. The molecule has 4 heteroatoms. The van der Waals surface area contributed by atoms with Gasteiger partial charge < -0.3 is 15.5 Å². The van der Waals surface area contributed by atoms with E-state index in [9.17, 15) is 15.0 Å². The highest BCUT2D eigenvalue weighted by Gasteiger charge is 2.18. The van der Waals surface area contributed by atoms with Gasteiger partial charge in [-0.25, -0.2) is 0 Å². The Morgan fingerprint density at radius 2 is 0.612 bits per heavy atom. The summed E-state index contributed by atoms with van der Waals surface area (Å²) in [5, 5.41) is 23.2. The highest BCUT2D eigenvalue weighted by molar-refractivity contribution is 5.76. The van der Waals surface area contributed by atoms with Crippen LogP contribution in [-0.4, -0.2) is 34.9 Å². The Morgan fingerprint density at radius 3 is 0.896 bits per heavy atom. The lowest BCUT2D eigenvalue weighted by atomic mass is 10.0. The highest BCUT2D eigenvalue weighted by Crippen LogP contribution is 2.18. The Balaban J connectivity index is 3.43. The molecule has 3 N–H and O–H groups in total. The second-order valence-corrected chi connectivity index (χ2v) is 21.1. The lowest BCUT2D eigenvalue weighted by Gasteiger charge is -2.20. The predicted molar refractivity (Wildman–Crippen MR) is 299 cm³/mol. The van der Waals surface area contributed by atoms with E-state index < -0.39 is 12.1 Å². The first-order valence-corrected chi connectivity index (χ1v) is 30.7. The lowest BCUT2D eigenvalue weighted by Crippen LogP contribution is -2.45. The number of nitrogens with one attached hydrogen (secondary N) is 1. The SMILES string of the molecule is CCCCCCC/C=C\C/C=C\CCCCCCCCCCCCCCCCCCCCCCCC(=O)NC(CO)C(O)/C=C/CCCCCCCCCCCCCCCCCCCCCC. The largest absolute Gasteiger partial charge is 0.394 e. The second-order valence-electron chi connectivity index (χ2n) is 21.1. The molecule has 2 unspecified atom stereocenters. The minimum atomic E-state index is -0.838. The van der Waals surface area contributed by atoms with E-state index in [0.717, 1.165) is 32.1 Å². The molecule has 0 spiro atoms. The van der Waals surface area contributed by atoms with E-state index in [4.69, 9.17) is 0 Å². The molecular weight excluding hydrogens is 819 g/mol. The number of hydrogen-bond donors (Lipinski definition) is 3. The number of aliphatic hydroxyl groups is 2. The summed E-state index contributed by atoms with van der Waals surface area (Å²) in [4.78, 5) is 12.5. The molecule has 0 aliphatic rings. The molecule has 0 aliphatic carbocycles. The van der Waals surface area contributed by atoms with E-state index in [-0.39, 0.29) is 12.5 Å². The zero-order valence-electron chi connectivity index (χ0n) is 45.7. The molecule has 0 fully saturated rings. The summed E-state index contributed by atoms with van der Waals surface area (Å²) >= 11 is 0. The van der Waals surface area contributed by atoms with Crippen LogP contribution in [0.25, 0.3) is 0 Å². The van der Waals surface area contributed by atoms with Gasteiger partial charge in [-0.3, -0.25) is 4.79 Å². The number of rotatable bonds is 57. The lowest BCUT2D eigenvalue weighted by molar-refractivity contribution is -0.123. The smallest absolute Gasteiger partial charge is 0.220 e. The summed E-state index contributed by atoms with van der Waals surface area (Å²) in [6, 6.07) is -0.621. The van der Waals surface area contributed by atoms with Crippen LogP contribution in [0, 0.1) is 0 Å². The highest BCUT2D eigenvalue weighted by atomic mass is 16.3. The molecule has 0 bridgehead atoms. The molecule has 0 aliphatic heterocycles. The van der Waals surface area contributed by atoms with Gasteiger partial charge in [0.2, 0.25) is 5.91 Å². The normalized spacial score (nSPS) is 13.0. The van der Waals surface area contributed by atoms with Gasteiger partial charge in [0, 0.05) is 6.42 Å². The summed E-state index contributed by atoms with van der Waals surface area (Å²) in [5.74, 6) is -0.0571. The third-order valence-corrected chi connectivity index (χ3v) is 14.4. The molecule has 0 rings (SSSR count). The topological polar surface area (TPSA) is 69.6 Å². The van der Waals surface area contributed by atoms with Gasteiger partial charge >= 0.3 is 0 Å². The molecule has 67 heavy (non-hydrogen) atoms. The van der Waals surface area contributed by atoms with Crippen LogP contribution >= 0.6 is 0 Å². The quantitative estimate of drug-likeness (QED) is 0.0420. The van der Waals surface area contributed by atoms with Crippen LogP contribution in [0.4, 0.5) is 0 Å². The maximum absolute atomic E-state index is 12.5. The van der Waals surface area contributed by atoms with Crippen LogP contribution in [0.1, 0.15) is 341 Å². The fourth-order valence-electron chi connectivity index (χ4n) is 9.68. The average molecular weight is 941 g/mol. The Labute approximate surface area is 421 Å². The van der Waals surface area contributed by atoms with E-state index in [2.05, 4.69) is 43.5 Å². The van der Waals surface area contributed by atoms with Crippen molar-refractivity contribution in [2.75, 3.05) is 6.61 Å². The van der Waals surface area contributed by atoms with E-state index in [1.54, 1.807) is 6.08 Å². The Morgan fingerprint density at radius 1 is 0.358 bits per heavy atom. The van der Waals surface area contributed by atoms with Gasteiger partial charge in [-0.05, 0) is 51.4 Å². The van der Waals surface area contributed by atoms with Gasteiger partial charge in [0.25, 0.3) is 0 Å². The Kier molecular flexibility index (Phi) is 57.7. The van der Waals surface area contributed by atoms with E-state index in [0.29, 0.717) is 6.42 Å². The van der Waals surface area contributed by atoms with Crippen LogP contribution in [0.3, 0.4) is 0 Å². The van der Waals surface area contributed by atoms with Gasteiger partial charge in [0.05, 0.1) is 18.8 Å². The zero-order valence-corrected chi connectivity index (χ0v) is 45.7. The minimum Gasteiger partial charge on any atom is -0.394 e. The van der Waals surface area contributed by atoms with Crippen molar-refractivity contribution >= 4 is 5.91 Å². The van der Waals surface area contributed by atoms with Crippen LogP contribution in [0.2, 0.25) is 0 Å². The molecular formula is C63H121NO3. The number of hydrogen-bond acceptors (Lipinski definition) is 3. The zero-order chi connectivity index (χ0) is 48.5. The second kappa shape index (κ2) is 58.9. The van der Waals surface area contributed by atoms with E-state index >= 15 is 0 Å². The Hall–Kier alpha value is -1.39. The van der Waals surface area contributed by atoms with Crippen molar-refractivity contribution in [3.8, 4) is 0 Å². The fourth-order valence-corrected chi connectivity index (χ4v) is 9.68. The van der Waals surface area contributed by atoms with Crippen LogP contribution in [-0.2, 0) is 4.79 Å². The molecule has 0 aromatic rings.